The maximum Gasteiger partial charge on any atom is 0.171 e. The number of aliphatic imine (C=N–C) groups is 1. The number of nitrogens with zero attached hydrogens (tertiary/aromatic N) is 1. The van der Waals surface area contributed by atoms with Crippen LogP contribution in [0.1, 0.15) is 48.1 Å². The fraction of sp³-hybridized carbons (Fsp3) is 0.219. The molecule has 180 valence electrons. The summed E-state index contributed by atoms with van der Waals surface area (Å²) >= 11 is 0. The Morgan fingerprint density at radius 1 is 1.00 bits per heavy atom. The van der Waals surface area contributed by atoms with Crippen LogP contribution in [0.5, 0.6) is 0 Å². The number of rotatable bonds is 10. The topological polar surface area (TPSA) is 50.4 Å². The van der Waals surface area contributed by atoms with E-state index in [0.29, 0.717) is 0 Å². The fourth-order valence-electron chi connectivity index (χ4n) is 4.03. The molecular weight excluding hydrogens is 426 g/mol. The molecule has 0 aliphatic rings. The van der Waals surface area contributed by atoms with Gasteiger partial charge in [-0.25, -0.2) is 4.99 Å². The number of hydrogen-bond acceptors (Lipinski definition) is 3. The molecule has 3 aromatic carbocycles. The molecule has 1 unspecified atom stereocenters. The van der Waals surface area contributed by atoms with Crippen LogP contribution in [-0.2, 0) is 6.42 Å². The van der Waals surface area contributed by atoms with Crippen molar-refractivity contribution in [3.63, 3.8) is 0 Å². The summed E-state index contributed by atoms with van der Waals surface area (Å²) in [4.78, 5) is 4.91. The van der Waals surface area contributed by atoms with Gasteiger partial charge in [-0.1, -0.05) is 97.5 Å². The minimum Gasteiger partial charge on any atom is -0.352 e. The van der Waals surface area contributed by atoms with Crippen molar-refractivity contribution in [3.05, 3.63) is 125 Å². The molecule has 3 N–H and O–H groups in total. The van der Waals surface area contributed by atoms with Gasteiger partial charge in [-0.2, -0.15) is 0 Å². The van der Waals surface area contributed by atoms with Crippen molar-refractivity contribution in [1.29, 1.82) is 0 Å². The number of nitrogens with one attached hydrogen (secondary N) is 1. The quantitative estimate of drug-likeness (QED) is 0.184. The van der Waals surface area contributed by atoms with Crippen LogP contribution in [0.15, 0.2) is 103 Å². The first-order chi connectivity index (χ1) is 16.8. The molecule has 0 bridgehead atoms. The van der Waals surface area contributed by atoms with Crippen LogP contribution >= 0.6 is 0 Å². The standard InChI is InChI=1S/C32H37N3/c1-7-31(35-32(33)34-28-17-15-27(16-18-28)22(2)3)30(29-20-23(4)13-14-25(29)6)21-24(5)19-26-11-9-8-10-12-26/h8-18,20-21,32,34H,2,5,7,19,33H2,1,3-4,6H3/b30-21-,35-31+. The number of hydrogen-bond donors (Lipinski definition) is 2. The lowest BCUT2D eigenvalue weighted by molar-refractivity contribution is 0.807. The number of benzene rings is 3. The molecule has 0 saturated heterocycles. The normalized spacial score (nSPS) is 12.8. The average molecular weight is 464 g/mol. The minimum absolute atomic E-state index is 0.573. The molecule has 0 saturated carbocycles. The molecule has 0 spiro atoms. The van der Waals surface area contributed by atoms with Gasteiger partial charge in [-0.15, -0.1) is 0 Å². The summed E-state index contributed by atoms with van der Waals surface area (Å²) in [6.45, 7) is 16.7. The van der Waals surface area contributed by atoms with Crippen molar-refractivity contribution in [1.82, 2.24) is 0 Å². The van der Waals surface area contributed by atoms with E-state index in [0.717, 1.165) is 52.1 Å². The second kappa shape index (κ2) is 12.1. The molecule has 0 radical (unpaired) electrons. The van der Waals surface area contributed by atoms with Gasteiger partial charge in [0.05, 0.1) is 0 Å². The van der Waals surface area contributed by atoms with Gasteiger partial charge in [0.25, 0.3) is 0 Å². The predicted octanol–water partition coefficient (Wildman–Crippen LogP) is 7.72. The number of aryl methyl sites for hydroxylation is 2. The Morgan fingerprint density at radius 3 is 2.31 bits per heavy atom. The van der Waals surface area contributed by atoms with E-state index in [-0.39, 0.29) is 0 Å². The highest BCUT2D eigenvalue weighted by atomic mass is 15.2. The molecule has 0 aliphatic carbocycles. The second-order valence-electron chi connectivity index (χ2n) is 9.07. The van der Waals surface area contributed by atoms with E-state index < -0.39 is 6.29 Å². The highest BCUT2D eigenvalue weighted by Gasteiger charge is 2.14. The van der Waals surface area contributed by atoms with Gasteiger partial charge >= 0.3 is 0 Å². The largest absolute Gasteiger partial charge is 0.352 e. The Bertz CT molecular complexity index is 1230. The Labute approximate surface area is 210 Å². The molecule has 35 heavy (non-hydrogen) atoms. The molecule has 0 heterocycles. The van der Waals surface area contributed by atoms with Gasteiger partial charge in [0.15, 0.2) is 6.29 Å². The lowest BCUT2D eigenvalue weighted by atomic mass is 9.91. The highest BCUT2D eigenvalue weighted by Crippen LogP contribution is 2.26. The molecule has 0 aromatic heterocycles. The lowest BCUT2D eigenvalue weighted by Crippen LogP contribution is -2.29. The minimum atomic E-state index is -0.573. The van der Waals surface area contributed by atoms with Gasteiger partial charge in [-0.3, -0.25) is 5.73 Å². The Hall–Kier alpha value is -3.69. The SMILES string of the molecule is C=C(/C=C(\C(CC)=N\C(N)Nc1ccc(C(=C)C)cc1)c1cc(C)ccc1C)Cc1ccccc1. The third-order valence-electron chi connectivity index (χ3n) is 5.94. The van der Waals surface area contributed by atoms with Gasteiger partial charge in [0, 0.05) is 17.0 Å². The van der Waals surface area contributed by atoms with Crippen molar-refractivity contribution >= 4 is 22.5 Å². The van der Waals surface area contributed by atoms with Gasteiger partial charge in [-0.05, 0) is 74.1 Å². The predicted molar refractivity (Wildman–Crippen MR) is 154 cm³/mol. The second-order valence-corrected chi connectivity index (χ2v) is 9.07. The van der Waals surface area contributed by atoms with Gasteiger partial charge in [0.2, 0.25) is 0 Å². The van der Waals surface area contributed by atoms with Gasteiger partial charge in [0.1, 0.15) is 0 Å². The van der Waals surface area contributed by atoms with Crippen molar-refractivity contribution in [2.24, 2.45) is 10.7 Å². The number of nitrogens with two attached hydrogens (primary N) is 1. The van der Waals surface area contributed by atoms with Crippen LogP contribution < -0.4 is 11.1 Å². The first kappa shape index (κ1) is 25.9. The molecule has 3 rings (SSSR count). The van der Waals surface area contributed by atoms with Crippen molar-refractivity contribution < 1.29 is 0 Å². The summed E-state index contributed by atoms with van der Waals surface area (Å²) in [5, 5.41) is 3.31. The summed E-state index contributed by atoms with van der Waals surface area (Å²) < 4.78 is 0. The molecule has 3 nitrogen and oxygen atoms in total. The van der Waals surface area contributed by atoms with E-state index in [1.165, 1.54) is 16.7 Å². The number of allylic oxidation sites excluding steroid dienone is 4. The molecule has 0 aliphatic heterocycles. The van der Waals surface area contributed by atoms with E-state index in [4.69, 9.17) is 10.7 Å². The van der Waals surface area contributed by atoms with Crippen molar-refractivity contribution in [2.75, 3.05) is 5.32 Å². The maximum atomic E-state index is 6.45. The highest BCUT2D eigenvalue weighted by molar-refractivity contribution is 6.24. The summed E-state index contributed by atoms with van der Waals surface area (Å²) in [7, 11) is 0. The first-order valence-electron chi connectivity index (χ1n) is 12.1. The van der Waals surface area contributed by atoms with Crippen LogP contribution in [0.4, 0.5) is 5.69 Å². The lowest BCUT2D eigenvalue weighted by Gasteiger charge is -2.18. The molecule has 0 fully saturated rings. The van der Waals surface area contributed by atoms with E-state index in [9.17, 15) is 0 Å². The summed E-state index contributed by atoms with van der Waals surface area (Å²) in [6, 6.07) is 25.0. The number of anilines is 1. The summed E-state index contributed by atoms with van der Waals surface area (Å²) in [6.07, 6.45) is 3.13. The van der Waals surface area contributed by atoms with Crippen molar-refractivity contribution in [2.45, 2.75) is 46.8 Å². The fourth-order valence-corrected chi connectivity index (χ4v) is 4.03. The van der Waals surface area contributed by atoms with E-state index in [1.54, 1.807) is 0 Å². The van der Waals surface area contributed by atoms with E-state index >= 15 is 0 Å². The van der Waals surface area contributed by atoms with Crippen molar-refractivity contribution in [3.8, 4) is 0 Å². The van der Waals surface area contributed by atoms with Crippen LogP contribution in [0, 0.1) is 13.8 Å². The van der Waals surface area contributed by atoms with Crippen LogP contribution in [-0.4, -0.2) is 12.0 Å². The zero-order valence-electron chi connectivity index (χ0n) is 21.4. The molecular formula is C32H37N3. The Morgan fingerprint density at radius 2 is 1.69 bits per heavy atom. The molecule has 1 atom stereocenters. The van der Waals surface area contributed by atoms with E-state index in [2.05, 4.69) is 87.8 Å². The zero-order chi connectivity index (χ0) is 25.4. The van der Waals surface area contributed by atoms with Crippen LogP contribution in [0.3, 0.4) is 0 Å². The first-order valence-corrected chi connectivity index (χ1v) is 12.1. The monoisotopic (exact) mass is 463 g/mol. The van der Waals surface area contributed by atoms with Crippen LogP contribution in [0.25, 0.3) is 11.1 Å². The zero-order valence-corrected chi connectivity index (χ0v) is 21.4. The molecule has 3 heteroatoms. The van der Waals surface area contributed by atoms with Gasteiger partial charge < -0.3 is 5.32 Å². The molecule has 0 amide bonds. The third-order valence-corrected chi connectivity index (χ3v) is 5.94. The Kier molecular flexibility index (Phi) is 8.99. The summed E-state index contributed by atoms with van der Waals surface area (Å²) in [5.41, 5.74) is 17.4. The third kappa shape index (κ3) is 7.40. The Balaban J connectivity index is 1.94. The maximum absolute atomic E-state index is 6.45. The van der Waals surface area contributed by atoms with E-state index in [1.807, 2.05) is 37.3 Å². The smallest absolute Gasteiger partial charge is 0.171 e. The van der Waals surface area contributed by atoms with Crippen LogP contribution in [0.2, 0.25) is 0 Å². The molecule has 3 aromatic rings. The average Bonchev–Trinajstić information content (AvgIpc) is 2.84. The summed E-state index contributed by atoms with van der Waals surface area (Å²) in [5.74, 6) is 0.